The lowest BCUT2D eigenvalue weighted by atomic mass is 10.2. The number of hydrogen-bond acceptors (Lipinski definition) is 6. The van der Waals surface area contributed by atoms with E-state index >= 15 is 0 Å². The van der Waals surface area contributed by atoms with Crippen molar-refractivity contribution >= 4 is 50.7 Å². The Hall–Kier alpha value is -2.56. The molecule has 0 bridgehead atoms. The average Bonchev–Trinajstić information content (AvgIpc) is 3.14. The molecule has 8 nitrogen and oxygen atoms in total. The summed E-state index contributed by atoms with van der Waals surface area (Å²) in [4.78, 5) is 12.3. The van der Waals surface area contributed by atoms with E-state index in [0.29, 0.717) is 33.9 Å². The van der Waals surface area contributed by atoms with Crippen molar-refractivity contribution in [2.24, 2.45) is 0 Å². The number of sulfonamides is 1. The minimum atomic E-state index is -3.54. The number of halogens is 1. The molecular weight excluding hydrogens is 470 g/mol. The van der Waals surface area contributed by atoms with E-state index in [2.05, 4.69) is 15.5 Å². The molecule has 0 aliphatic carbocycles. The van der Waals surface area contributed by atoms with Crippen molar-refractivity contribution in [3.63, 3.8) is 0 Å². The molecule has 3 aromatic rings. The number of hydrogen-bond donors (Lipinski definition) is 1. The first-order chi connectivity index (χ1) is 15.2. The lowest BCUT2D eigenvalue weighted by Crippen LogP contribution is -2.30. The van der Waals surface area contributed by atoms with E-state index in [-0.39, 0.29) is 18.2 Å². The first-order valence-corrected chi connectivity index (χ1v) is 13.0. The molecule has 3 rings (SSSR count). The van der Waals surface area contributed by atoms with E-state index in [1.54, 1.807) is 41.0 Å². The second-order valence-electron chi connectivity index (χ2n) is 7.06. The van der Waals surface area contributed by atoms with Gasteiger partial charge in [-0.05, 0) is 38.1 Å². The van der Waals surface area contributed by atoms with Gasteiger partial charge in [-0.2, -0.15) is 0 Å². The Balaban J connectivity index is 1.74. The largest absolute Gasteiger partial charge is 0.324 e. The van der Waals surface area contributed by atoms with Crippen molar-refractivity contribution in [1.29, 1.82) is 0 Å². The van der Waals surface area contributed by atoms with Gasteiger partial charge in [0.05, 0.1) is 35.0 Å². The molecule has 0 aliphatic heterocycles. The van der Waals surface area contributed by atoms with Crippen LogP contribution in [0.3, 0.4) is 0 Å². The van der Waals surface area contributed by atoms with Crippen molar-refractivity contribution in [2.75, 3.05) is 21.6 Å². The lowest BCUT2D eigenvalue weighted by molar-refractivity contribution is -0.113. The van der Waals surface area contributed by atoms with Crippen LogP contribution in [-0.2, 0) is 27.9 Å². The number of para-hydroxylation sites is 1. The Morgan fingerprint density at radius 2 is 1.84 bits per heavy atom. The Bertz CT molecular complexity index is 1200. The molecule has 1 aromatic heterocycles. The van der Waals surface area contributed by atoms with Gasteiger partial charge >= 0.3 is 0 Å². The standard InChI is InChI=1S/C21H24ClN5O3S2/c1-4-26-19(13-27(32(3,29)30)16-11-9-15(2)10-12-16)24-25-21(26)31-14-20(28)23-18-8-6-5-7-17(18)22/h5-12H,4,13-14H2,1-3H3,(H,23,28). The van der Waals surface area contributed by atoms with E-state index in [9.17, 15) is 13.2 Å². The number of amides is 1. The zero-order chi connectivity index (χ0) is 23.3. The summed E-state index contributed by atoms with van der Waals surface area (Å²) in [6.07, 6.45) is 1.16. The van der Waals surface area contributed by atoms with Crippen LogP contribution in [-0.4, -0.2) is 41.1 Å². The zero-order valence-electron chi connectivity index (χ0n) is 17.9. The molecule has 170 valence electrons. The number of rotatable bonds is 9. The van der Waals surface area contributed by atoms with Gasteiger partial charge in [-0.25, -0.2) is 8.42 Å². The maximum Gasteiger partial charge on any atom is 0.234 e. The van der Waals surface area contributed by atoms with Crippen LogP contribution in [0, 0.1) is 6.92 Å². The third kappa shape index (κ3) is 6.02. The van der Waals surface area contributed by atoms with Gasteiger partial charge < -0.3 is 9.88 Å². The van der Waals surface area contributed by atoms with E-state index in [4.69, 9.17) is 11.6 Å². The smallest absolute Gasteiger partial charge is 0.234 e. The quantitative estimate of drug-likeness (QED) is 0.453. The van der Waals surface area contributed by atoms with Gasteiger partial charge in [-0.3, -0.25) is 9.10 Å². The van der Waals surface area contributed by atoms with Gasteiger partial charge in [0.2, 0.25) is 15.9 Å². The lowest BCUT2D eigenvalue weighted by Gasteiger charge is -2.22. The molecule has 0 saturated carbocycles. The highest BCUT2D eigenvalue weighted by molar-refractivity contribution is 7.99. The number of aryl methyl sites for hydroxylation is 1. The Morgan fingerprint density at radius 1 is 1.16 bits per heavy atom. The molecule has 0 atom stereocenters. The summed E-state index contributed by atoms with van der Waals surface area (Å²) in [6.45, 7) is 4.42. The van der Waals surface area contributed by atoms with E-state index < -0.39 is 10.0 Å². The van der Waals surface area contributed by atoms with Crippen LogP contribution >= 0.6 is 23.4 Å². The van der Waals surface area contributed by atoms with Gasteiger partial charge in [-0.1, -0.05) is 53.2 Å². The highest BCUT2D eigenvalue weighted by atomic mass is 35.5. The average molecular weight is 494 g/mol. The first kappa shape index (κ1) is 24.1. The maximum atomic E-state index is 12.4. The summed E-state index contributed by atoms with van der Waals surface area (Å²) in [5, 5.41) is 12.1. The van der Waals surface area contributed by atoms with Gasteiger partial charge in [0.1, 0.15) is 0 Å². The number of anilines is 2. The molecule has 0 fully saturated rings. The van der Waals surface area contributed by atoms with E-state index in [0.717, 1.165) is 11.8 Å². The van der Waals surface area contributed by atoms with Crippen LogP contribution in [0.25, 0.3) is 0 Å². The second kappa shape index (κ2) is 10.4. The number of benzene rings is 2. The third-order valence-corrected chi connectivity index (χ3v) is 7.03. The Morgan fingerprint density at radius 3 is 2.47 bits per heavy atom. The van der Waals surface area contributed by atoms with Crippen LogP contribution in [0.2, 0.25) is 5.02 Å². The molecule has 11 heteroatoms. The van der Waals surface area contributed by atoms with Crippen molar-refractivity contribution in [3.8, 4) is 0 Å². The molecule has 0 spiro atoms. The fraction of sp³-hybridized carbons (Fsp3) is 0.286. The van der Waals surface area contributed by atoms with Gasteiger partial charge in [-0.15, -0.1) is 10.2 Å². The highest BCUT2D eigenvalue weighted by Crippen LogP contribution is 2.24. The highest BCUT2D eigenvalue weighted by Gasteiger charge is 2.22. The topological polar surface area (TPSA) is 97.2 Å². The zero-order valence-corrected chi connectivity index (χ0v) is 20.3. The molecule has 2 aromatic carbocycles. The number of thioether (sulfide) groups is 1. The normalized spacial score (nSPS) is 11.4. The van der Waals surface area contributed by atoms with Gasteiger partial charge in [0.15, 0.2) is 11.0 Å². The van der Waals surface area contributed by atoms with E-state index in [1.807, 2.05) is 26.0 Å². The van der Waals surface area contributed by atoms with Crippen molar-refractivity contribution in [3.05, 3.63) is 64.9 Å². The van der Waals surface area contributed by atoms with Crippen molar-refractivity contribution < 1.29 is 13.2 Å². The van der Waals surface area contributed by atoms with Crippen LogP contribution in [0.5, 0.6) is 0 Å². The summed E-state index contributed by atoms with van der Waals surface area (Å²) >= 11 is 7.30. The molecular formula is C21H24ClN5O3S2. The summed E-state index contributed by atoms with van der Waals surface area (Å²) < 4.78 is 28.0. The van der Waals surface area contributed by atoms with Crippen molar-refractivity contribution in [2.45, 2.75) is 32.1 Å². The molecule has 0 unspecified atom stereocenters. The summed E-state index contributed by atoms with van der Waals surface area (Å²) in [7, 11) is -3.54. The number of carbonyl (C=O) groups is 1. The SMILES string of the molecule is CCn1c(CN(c2ccc(C)cc2)S(C)(=O)=O)nnc1SCC(=O)Nc1ccccc1Cl. The molecule has 0 radical (unpaired) electrons. The predicted molar refractivity (Wildman–Crippen MR) is 129 cm³/mol. The molecule has 1 N–H and O–H groups in total. The number of aromatic nitrogens is 3. The number of nitrogens with one attached hydrogen (secondary N) is 1. The minimum Gasteiger partial charge on any atom is -0.324 e. The van der Waals surface area contributed by atoms with Crippen molar-refractivity contribution in [1.82, 2.24) is 14.8 Å². The summed E-state index contributed by atoms with van der Waals surface area (Å²) in [5.74, 6) is 0.372. The maximum absolute atomic E-state index is 12.4. The fourth-order valence-electron chi connectivity index (χ4n) is 2.98. The number of nitrogens with zero attached hydrogens (tertiary/aromatic N) is 4. The van der Waals surface area contributed by atoms with Crippen LogP contribution in [0.1, 0.15) is 18.3 Å². The molecule has 0 saturated heterocycles. The Labute approximate surface area is 197 Å². The van der Waals surface area contributed by atoms with Gasteiger partial charge in [0, 0.05) is 6.54 Å². The molecule has 32 heavy (non-hydrogen) atoms. The summed E-state index contributed by atoms with van der Waals surface area (Å²) in [5.41, 5.74) is 2.13. The molecule has 1 amide bonds. The monoisotopic (exact) mass is 493 g/mol. The van der Waals surface area contributed by atoms with Crippen LogP contribution in [0.15, 0.2) is 53.7 Å². The Kier molecular flexibility index (Phi) is 7.81. The first-order valence-electron chi connectivity index (χ1n) is 9.82. The number of carbonyl (C=O) groups excluding carboxylic acids is 1. The predicted octanol–water partition coefficient (Wildman–Crippen LogP) is 3.96. The third-order valence-electron chi connectivity index (χ3n) is 4.60. The minimum absolute atomic E-state index is 0.0368. The summed E-state index contributed by atoms with van der Waals surface area (Å²) in [6, 6.07) is 14.2. The molecule has 0 aliphatic rings. The second-order valence-corrected chi connectivity index (χ2v) is 10.3. The van der Waals surface area contributed by atoms with E-state index in [1.165, 1.54) is 16.1 Å². The fourth-order valence-corrected chi connectivity index (χ4v) is 4.84. The van der Waals surface area contributed by atoms with Crippen LogP contribution in [0.4, 0.5) is 11.4 Å². The van der Waals surface area contributed by atoms with Crippen LogP contribution < -0.4 is 9.62 Å². The van der Waals surface area contributed by atoms with Gasteiger partial charge in [0.25, 0.3) is 0 Å². The molecule has 1 heterocycles.